The maximum Gasteiger partial charge on any atom is 0.182 e. The lowest BCUT2D eigenvalue weighted by Crippen LogP contribution is -2.10. The number of imidazole rings is 1. The lowest BCUT2D eigenvalue weighted by Gasteiger charge is -2.10. The van der Waals surface area contributed by atoms with Crippen LogP contribution in [0.25, 0.3) is 11.2 Å². The van der Waals surface area contributed by atoms with Gasteiger partial charge in [-0.15, -0.1) is 0 Å². The molecule has 0 atom stereocenters. The minimum absolute atomic E-state index is 0.628. The third-order valence-electron chi connectivity index (χ3n) is 2.41. The number of fused-ring (bicyclic) bond motifs is 1. The van der Waals surface area contributed by atoms with E-state index in [0.29, 0.717) is 11.5 Å². The summed E-state index contributed by atoms with van der Waals surface area (Å²) in [5, 5.41) is 0. The predicted molar refractivity (Wildman–Crippen MR) is 85.8 cm³/mol. The number of hydrogen-bond acceptors (Lipinski definition) is 5. The van der Waals surface area contributed by atoms with Crippen LogP contribution in [0.2, 0.25) is 0 Å². The lowest BCUT2D eigenvalue weighted by atomic mass is 10.3. The highest BCUT2D eigenvalue weighted by Crippen LogP contribution is 2.21. The van der Waals surface area contributed by atoms with Crippen molar-refractivity contribution in [3.63, 3.8) is 0 Å². The van der Waals surface area contributed by atoms with Crippen LogP contribution in [-0.4, -0.2) is 19.9 Å². The van der Waals surface area contributed by atoms with E-state index in [0.717, 1.165) is 19.2 Å². The molecule has 2 aromatic heterocycles. The number of nitrogens with one attached hydrogen (secondary N) is 3. The molecule has 0 saturated heterocycles. The molecule has 19 heavy (non-hydrogen) atoms. The van der Waals surface area contributed by atoms with Gasteiger partial charge >= 0.3 is 0 Å². The van der Waals surface area contributed by atoms with Crippen LogP contribution in [-0.2, 0) is 0 Å². The van der Waals surface area contributed by atoms with Crippen molar-refractivity contribution >= 4 is 61.2 Å². The summed E-state index contributed by atoms with van der Waals surface area (Å²) >= 11 is 5.72. The zero-order valence-electron chi connectivity index (χ0n) is 9.48. The van der Waals surface area contributed by atoms with Gasteiger partial charge in [-0.1, -0.05) is 15.9 Å². The molecule has 0 spiro atoms. The summed E-state index contributed by atoms with van der Waals surface area (Å²) in [7, 11) is 0. The first-order chi connectivity index (χ1) is 9.22. The maximum atomic E-state index is 4.17. The van der Waals surface area contributed by atoms with E-state index in [1.54, 1.807) is 6.33 Å². The van der Waals surface area contributed by atoms with Crippen LogP contribution in [0.15, 0.2) is 35.3 Å². The molecule has 0 bridgehead atoms. The highest BCUT2D eigenvalue weighted by molar-refractivity contribution is 14.1. The van der Waals surface area contributed by atoms with Crippen LogP contribution in [0.1, 0.15) is 0 Å². The third-order valence-corrected chi connectivity index (χ3v) is 3.49. The van der Waals surface area contributed by atoms with E-state index in [4.69, 9.17) is 0 Å². The standard InChI is InChI=1S/C11H8BrIN6/c12-6-1-7(13)3-8(2-6)18-19-11-9-10(15-4-14-9)16-5-17-11/h1-5,18H,(H2,14,15,16,17,19). The number of aromatic nitrogens is 4. The SMILES string of the molecule is Brc1cc(I)cc(NNc2ncnc3nc[nH]c23)c1. The summed E-state index contributed by atoms with van der Waals surface area (Å²) in [6.07, 6.45) is 3.06. The van der Waals surface area contributed by atoms with E-state index >= 15 is 0 Å². The highest BCUT2D eigenvalue weighted by Gasteiger charge is 2.05. The number of rotatable bonds is 3. The van der Waals surface area contributed by atoms with Gasteiger partial charge in [-0.05, 0) is 40.8 Å². The van der Waals surface area contributed by atoms with Crippen LogP contribution in [0.3, 0.4) is 0 Å². The Bertz CT molecular complexity index is 708. The quantitative estimate of drug-likeness (QED) is 0.439. The minimum atomic E-state index is 0.628. The van der Waals surface area contributed by atoms with Crippen molar-refractivity contribution in [2.24, 2.45) is 0 Å². The molecule has 2 heterocycles. The second-order valence-corrected chi connectivity index (χ2v) is 5.89. The predicted octanol–water partition coefficient (Wildman–Crippen LogP) is 3.16. The number of nitrogens with zero attached hydrogens (tertiary/aromatic N) is 3. The molecule has 8 heteroatoms. The summed E-state index contributed by atoms with van der Waals surface area (Å²) in [6.45, 7) is 0. The molecule has 0 amide bonds. The largest absolute Gasteiger partial charge is 0.340 e. The van der Waals surface area contributed by atoms with E-state index < -0.39 is 0 Å². The fourth-order valence-electron chi connectivity index (χ4n) is 1.62. The molecule has 1 aromatic carbocycles. The molecule has 3 N–H and O–H groups in total. The van der Waals surface area contributed by atoms with Gasteiger partial charge < -0.3 is 4.98 Å². The van der Waals surface area contributed by atoms with Gasteiger partial charge in [0, 0.05) is 8.04 Å². The zero-order chi connectivity index (χ0) is 13.2. The first-order valence-electron chi connectivity index (χ1n) is 5.34. The number of halogens is 2. The van der Waals surface area contributed by atoms with Gasteiger partial charge in [0.1, 0.15) is 11.8 Å². The minimum Gasteiger partial charge on any atom is -0.340 e. The number of aromatic amines is 1. The van der Waals surface area contributed by atoms with Crippen molar-refractivity contribution in [3.05, 3.63) is 38.9 Å². The van der Waals surface area contributed by atoms with Crippen LogP contribution in [0.4, 0.5) is 11.5 Å². The van der Waals surface area contributed by atoms with Crippen LogP contribution in [0, 0.1) is 3.57 Å². The average molecular weight is 431 g/mol. The van der Waals surface area contributed by atoms with Crippen molar-refractivity contribution in [1.82, 2.24) is 19.9 Å². The zero-order valence-corrected chi connectivity index (χ0v) is 13.2. The Morgan fingerprint density at radius 1 is 1.11 bits per heavy atom. The van der Waals surface area contributed by atoms with Crippen molar-refractivity contribution in [1.29, 1.82) is 0 Å². The van der Waals surface area contributed by atoms with Gasteiger partial charge in [0.15, 0.2) is 11.5 Å². The summed E-state index contributed by atoms with van der Waals surface area (Å²) in [4.78, 5) is 15.3. The molecule has 0 unspecified atom stereocenters. The molecule has 96 valence electrons. The van der Waals surface area contributed by atoms with Gasteiger partial charge in [0.05, 0.1) is 12.0 Å². The molecule has 0 saturated carbocycles. The Balaban J connectivity index is 1.84. The number of hydrazine groups is 1. The van der Waals surface area contributed by atoms with E-state index in [-0.39, 0.29) is 0 Å². The van der Waals surface area contributed by atoms with Crippen molar-refractivity contribution in [3.8, 4) is 0 Å². The Morgan fingerprint density at radius 2 is 2.00 bits per heavy atom. The molecular formula is C11H8BrIN6. The van der Waals surface area contributed by atoms with Gasteiger partial charge in [-0.3, -0.25) is 10.9 Å². The number of anilines is 2. The maximum absolute atomic E-state index is 4.17. The van der Waals surface area contributed by atoms with Gasteiger partial charge in [-0.25, -0.2) is 15.0 Å². The first kappa shape index (κ1) is 12.6. The van der Waals surface area contributed by atoms with Gasteiger partial charge in [-0.2, -0.15) is 0 Å². The third kappa shape index (κ3) is 2.78. The number of hydrogen-bond donors (Lipinski definition) is 3. The number of benzene rings is 1. The Morgan fingerprint density at radius 3 is 2.84 bits per heavy atom. The molecule has 6 nitrogen and oxygen atoms in total. The topological polar surface area (TPSA) is 78.5 Å². The molecule has 0 aliphatic heterocycles. The second kappa shape index (κ2) is 5.29. The average Bonchev–Trinajstić information content (AvgIpc) is 2.83. The molecule has 0 radical (unpaired) electrons. The smallest absolute Gasteiger partial charge is 0.182 e. The van der Waals surface area contributed by atoms with Crippen molar-refractivity contribution in [2.75, 3.05) is 10.9 Å². The van der Waals surface area contributed by atoms with Crippen molar-refractivity contribution < 1.29 is 0 Å². The fraction of sp³-hybridized carbons (Fsp3) is 0. The summed E-state index contributed by atoms with van der Waals surface area (Å²) < 4.78 is 2.14. The Kier molecular flexibility index (Phi) is 3.51. The van der Waals surface area contributed by atoms with Crippen LogP contribution in [0.5, 0.6) is 0 Å². The lowest BCUT2D eigenvalue weighted by molar-refractivity contribution is 1.18. The van der Waals surface area contributed by atoms with Crippen LogP contribution >= 0.6 is 38.5 Å². The molecule has 0 fully saturated rings. The summed E-state index contributed by atoms with van der Waals surface area (Å²) in [5.74, 6) is 0.650. The van der Waals surface area contributed by atoms with E-state index in [9.17, 15) is 0 Å². The summed E-state index contributed by atoms with van der Waals surface area (Å²) in [5.41, 5.74) is 8.48. The molecular weight excluding hydrogens is 423 g/mol. The van der Waals surface area contributed by atoms with E-state index in [1.165, 1.54) is 6.33 Å². The van der Waals surface area contributed by atoms with E-state index in [1.807, 2.05) is 18.2 Å². The van der Waals surface area contributed by atoms with Crippen molar-refractivity contribution in [2.45, 2.75) is 0 Å². The molecule has 3 rings (SSSR count). The Labute approximate surface area is 130 Å². The first-order valence-corrected chi connectivity index (χ1v) is 7.22. The normalized spacial score (nSPS) is 10.6. The molecule has 3 aromatic rings. The number of H-pyrrole nitrogens is 1. The summed E-state index contributed by atoms with van der Waals surface area (Å²) in [6, 6.07) is 6.02. The fourth-order valence-corrected chi connectivity index (χ4v) is 3.21. The molecule has 0 aliphatic carbocycles. The monoisotopic (exact) mass is 430 g/mol. The van der Waals surface area contributed by atoms with Gasteiger partial charge in [0.2, 0.25) is 0 Å². The van der Waals surface area contributed by atoms with Gasteiger partial charge in [0.25, 0.3) is 0 Å². The highest BCUT2D eigenvalue weighted by atomic mass is 127. The van der Waals surface area contributed by atoms with E-state index in [2.05, 4.69) is 69.3 Å². The molecule has 0 aliphatic rings. The Hall–Kier alpha value is -1.42. The van der Waals surface area contributed by atoms with Crippen LogP contribution < -0.4 is 10.9 Å². The second-order valence-electron chi connectivity index (χ2n) is 3.73.